The van der Waals surface area contributed by atoms with E-state index < -0.39 is 6.04 Å². The zero-order chi connectivity index (χ0) is 16.1. The molecule has 1 aromatic carbocycles. The van der Waals surface area contributed by atoms with Crippen molar-refractivity contribution in [2.24, 2.45) is 11.7 Å². The van der Waals surface area contributed by atoms with Crippen LogP contribution in [0.5, 0.6) is 0 Å². The lowest BCUT2D eigenvalue weighted by Gasteiger charge is -2.31. The van der Waals surface area contributed by atoms with Crippen LogP contribution in [0.25, 0.3) is 0 Å². The van der Waals surface area contributed by atoms with Gasteiger partial charge < -0.3 is 16.0 Å². The van der Waals surface area contributed by atoms with Gasteiger partial charge in [0, 0.05) is 26.1 Å². The Morgan fingerprint density at radius 2 is 1.91 bits per heavy atom. The first kappa shape index (κ1) is 16.5. The van der Waals surface area contributed by atoms with Gasteiger partial charge in [0.1, 0.15) is 6.04 Å². The third-order valence-corrected chi connectivity index (χ3v) is 4.25. The zero-order valence-electron chi connectivity index (χ0n) is 13.3. The van der Waals surface area contributed by atoms with Crippen molar-refractivity contribution >= 4 is 11.8 Å². The predicted octanol–water partition coefficient (Wildman–Crippen LogP) is 1.45. The summed E-state index contributed by atoms with van der Waals surface area (Å²) in [5.41, 5.74) is 6.81. The van der Waals surface area contributed by atoms with Gasteiger partial charge in [0.25, 0.3) is 0 Å². The minimum atomic E-state index is -0.661. The Morgan fingerprint density at radius 1 is 1.23 bits per heavy atom. The highest BCUT2D eigenvalue weighted by Gasteiger charge is 2.30. The van der Waals surface area contributed by atoms with Crippen LogP contribution in [0.3, 0.4) is 0 Å². The quantitative estimate of drug-likeness (QED) is 0.884. The second-order valence-corrected chi connectivity index (χ2v) is 6.19. The predicted molar refractivity (Wildman–Crippen MR) is 86.0 cm³/mol. The molecule has 1 aromatic rings. The van der Waals surface area contributed by atoms with Crippen molar-refractivity contribution in [3.63, 3.8) is 0 Å². The van der Waals surface area contributed by atoms with Gasteiger partial charge in [0.05, 0.1) is 0 Å². The molecule has 3 N–H and O–H groups in total. The smallest absolute Gasteiger partial charge is 0.241 e. The number of nitrogens with one attached hydrogen (secondary N) is 1. The van der Waals surface area contributed by atoms with Crippen molar-refractivity contribution in [3.05, 3.63) is 35.9 Å². The molecular formula is C17H25N3O2. The average Bonchev–Trinajstić information content (AvgIpc) is 2.54. The molecule has 0 aliphatic heterocycles. The van der Waals surface area contributed by atoms with Gasteiger partial charge in [-0.05, 0) is 24.8 Å². The number of hydrogen-bond acceptors (Lipinski definition) is 3. The average molecular weight is 303 g/mol. The van der Waals surface area contributed by atoms with Crippen LogP contribution < -0.4 is 11.1 Å². The number of nitrogens with two attached hydrogens (primary N) is 1. The number of carbonyl (C=O) groups is 2. The molecule has 0 radical (unpaired) electrons. The molecule has 0 spiro atoms. The molecule has 2 amide bonds. The molecule has 22 heavy (non-hydrogen) atoms. The molecule has 1 aliphatic carbocycles. The summed E-state index contributed by atoms with van der Waals surface area (Å²) >= 11 is 0. The Morgan fingerprint density at radius 3 is 2.55 bits per heavy atom. The summed E-state index contributed by atoms with van der Waals surface area (Å²) in [5, 5.41) is 3.01. The summed E-state index contributed by atoms with van der Waals surface area (Å²) in [4.78, 5) is 26.0. The third-order valence-electron chi connectivity index (χ3n) is 4.25. The Labute approximate surface area is 131 Å². The van der Waals surface area contributed by atoms with Gasteiger partial charge in [-0.3, -0.25) is 9.59 Å². The molecule has 120 valence electrons. The van der Waals surface area contributed by atoms with E-state index in [2.05, 4.69) is 5.32 Å². The molecule has 1 fully saturated rings. The molecule has 3 unspecified atom stereocenters. The number of benzene rings is 1. The maximum absolute atomic E-state index is 12.3. The Kier molecular flexibility index (Phi) is 5.55. The highest BCUT2D eigenvalue weighted by molar-refractivity contribution is 5.83. The van der Waals surface area contributed by atoms with Crippen LogP contribution in [0, 0.1) is 5.92 Å². The summed E-state index contributed by atoms with van der Waals surface area (Å²) in [6.45, 7) is 0. The normalized spacial score (nSPS) is 22.7. The molecule has 0 heterocycles. The van der Waals surface area contributed by atoms with Crippen LogP contribution in [0.2, 0.25) is 0 Å². The van der Waals surface area contributed by atoms with E-state index in [1.807, 2.05) is 30.3 Å². The molecule has 3 atom stereocenters. The van der Waals surface area contributed by atoms with E-state index in [9.17, 15) is 9.59 Å². The van der Waals surface area contributed by atoms with Crippen LogP contribution in [0.1, 0.15) is 37.3 Å². The van der Waals surface area contributed by atoms with Crippen LogP contribution in [0.4, 0.5) is 0 Å². The summed E-state index contributed by atoms with van der Waals surface area (Å²) in [6.07, 6.45) is 3.46. The summed E-state index contributed by atoms with van der Waals surface area (Å²) < 4.78 is 0. The van der Waals surface area contributed by atoms with Crippen molar-refractivity contribution in [3.8, 4) is 0 Å². The second kappa shape index (κ2) is 7.40. The first-order valence-electron chi connectivity index (χ1n) is 7.81. The van der Waals surface area contributed by atoms with Crippen molar-refractivity contribution in [1.82, 2.24) is 10.2 Å². The molecule has 5 nitrogen and oxygen atoms in total. The summed E-state index contributed by atoms with van der Waals surface area (Å²) in [5.74, 6) is -0.0255. The summed E-state index contributed by atoms with van der Waals surface area (Å²) in [7, 11) is 3.55. The molecule has 2 rings (SSSR count). The van der Waals surface area contributed by atoms with Crippen LogP contribution >= 0.6 is 0 Å². The van der Waals surface area contributed by atoms with E-state index in [-0.39, 0.29) is 23.8 Å². The number of rotatable bonds is 4. The highest BCUT2D eigenvalue weighted by atomic mass is 16.2. The first-order chi connectivity index (χ1) is 10.5. The monoisotopic (exact) mass is 303 g/mol. The lowest BCUT2D eigenvalue weighted by atomic mass is 9.84. The number of hydrogen-bond donors (Lipinski definition) is 2. The van der Waals surface area contributed by atoms with E-state index in [0.29, 0.717) is 6.42 Å². The van der Waals surface area contributed by atoms with Crippen LogP contribution in [-0.4, -0.2) is 36.9 Å². The number of amides is 2. The van der Waals surface area contributed by atoms with Crippen molar-refractivity contribution in [2.45, 2.75) is 37.8 Å². The fraction of sp³-hybridized carbons (Fsp3) is 0.529. The maximum Gasteiger partial charge on any atom is 0.241 e. The third kappa shape index (κ3) is 4.07. The van der Waals surface area contributed by atoms with Crippen LogP contribution in [0.15, 0.2) is 30.3 Å². The molecule has 0 saturated heterocycles. The molecular weight excluding hydrogens is 278 g/mol. The van der Waals surface area contributed by atoms with Gasteiger partial charge >= 0.3 is 0 Å². The Balaban J connectivity index is 1.92. The van der Waals surface area contributed by atoms with E-state index in [1.54, 1.807) is 19.0 Å². The molecule has 0 bridgehead atoms. The van der Waals surface area contributed by atoms with Crippen molar-refractivity contribution in [2.75, 3.05) is 14.1 Å². The molecule has 0 aromatic heterocycles. The van der Waals surface area contributed by atoms with E-state index in [4.69, 9.17) is 5.73 Å². The standard InChI is InChI=1S/C17H25N3O2/c1-20(2)17(22)13-9-6-10-14(11-13)19-16(21)15(18)12-7-4-3-5-8-12/h3-5,7-8,13-15H,6,9-11,18H2,1-2H3,(H,19,21). The van der Waals surface area contributed by atoms with Gasteiger partial charge in [-0.15, -0.1) is 0 Å². The fourth-order valence-corrected chi connectivity index (χ4v) is 3.01. The van der Waals surface area contributed by atoms with Crippen molar-refractivity contribution in [1.29, 1.82) is 0 Å². The zero-order valence-corrected chi connectivity index (χ0v) is 13.3. The SMILES string of the molecule is CN(C)C(=O)C1CCCC(NC(=O)C(N)c2ccccc2)C1. The summed E-state index contributed by atoms with van der Waals surface area (Å²) in [6, 6.07) is 8.71. The van der Waals surface area contributed by atoms with Gasteiger partial charge in [0.15, 0.2) is 0 Å². The minimum Gasteiger partial charge on any atom is -0.352 e. The Hall–Kier alpha value is -1.88. The van der Waals surface area contributed by atoms with Gasteiger partial charge in [-0.25, -0.2) is 0 Å². The topological polar surface area (TPSA) is 75.4 Å². The molecule has 5 heteroatoms. The van der Waals surface area contributed by atoms with E-state index in [0.717, 1.165) is 24.8 Å². The van der Waals surface area contributed by atoms with Gasteiger partial charge in [0.2, 0.25) is 11.8 Å². The molecule has 1 saturated carbocycles. The Bertz CT molecular complexity index is 516. The fourth-order valence-electron chi connectivity index (χ4n) is 3.01. The lowest BCUT2D eigenvalue weighted by molar-refractivity contribution is -0.135. The lowest BCUT2D eigenvalue weighted by Crippen LogP contribution is -2.45. The van der Waals surface area contributed by atoms with Gasteiger partial charge in [-0.1, -0.05) is 36.8 Å². The number of carbonyl (C=O) groups excluding carboxylic acids is 2. The van der Waals surface area contributed by atoms with Crippen molar-refractivity contribution < 1.29 is 9.59 Å². The maximum atomic E-state index is 12.3. The highest BCUT2D eigenvalue weighted by Crippen LogP contribution is 2.26. The largest absolute Gasteiger partial charge is 0.352 e. The van der Waals surface area contributed by atoms with E-state index >= 15 is 0 Å². The first-order valence-corrected chi connectivity index (χ1v) is 7.81. The minimum absolute atomic E-state index is 0.00185. The van der Waals surface area contributed by atoms with Gasteiger partial charge in [-0.2, -0.15) is 0 Å². The van der Waals surface area contributed by atoms with Crippen LogP contribution in [-0.2, 0) is 9.59 Å². The second-order valence-electron chi connectivity index (χ2n) is 6.19. The molecule has 1 aliphatic rings. The van der Waals surface area contributed by atoms with E-state index in [1.165, 1.54) is 0 Å². The number of nitrogens with zero attached hydrogens (tertiary/aromatic N) is 1.